The van der Waals surface area contributed by atoms with Crippen molar-refractivity contribution in [3.8, 4) is 0 Å². The van der Waals surface area contributed by atoms with Crippen molar-refractivity contribution in [1.82, 2.24) is 19.5 Å². The first-order valence-electron chi connectivity index (χ1n) is 14.3. The van der Waals surface area contributed by atoms with Gasteiger partial charge in [0.15, 0.2) is 23.5 Å². The van der Waals surface area contributed by atoms with Crippen LogP contribution in [0.25, 0.3) is 23.3 Å². The van der Waals surface area contributed by atoms with Crippen LogP contribution >= 0.6 is 7.82 Å². The highest BCUT2D eigenvalue weighted by molar-refractivity contribution is 7.46. The van der Waals surface area contributed by atoms with Crippen LogP contribution in [0.3, 0.4) is 0 Å². The number of imidazole rings is 1. The number of nitrogen functional groups attached to an aromatic ring is 1. The number of nitrogens with zero attached hydrogens (tertiary/aromatic N) is 6. The van der Waals surface area contributed by atoms with Crippen LogP contribution in [0.5, 0.6) is 0 Å². The number of ketones is 1. The van der Waals surface area contributed by atoms with Crippen molar-refractivity contribution in [2.45, 2.75) is 44.3 Å². The maximum Gasteiger partial charge on any atom is 0.470 e. The number of carbonyl (C=O) groups excluding carboxylic acids is 1. The molecule has 0 aliphatic carbocycles. The number of rotatable bonds is 13. The van der Waals surface area contributed by atoms with Crippen LogP contribution in [0, 0.1) is 10.1 Å². The number of Topliss-reactive ketones (excluding diaryl/α,β-unsaturated/α-hetero) is 1. The fourth-order valence-electron chi connectivity index (χ4n) is 5.22. The summed E-state index contributed by atoms with van der Waals surface area (Å²) in [7, 11) is -5.10. The smallest absolute Gasteiger partial charge is 0.387 e. The van der Waals surface area contributed by atoms with Crippen LogP contribution in [0.4, 0.5) is 17.2 Å². The molecule has 4 aromatic rings. The summed E-state index contributed by atoms with van der Waals surface area (Å²) >= 11 is 0. The number of nitro benzene ring substituents is 1. The number of hydrogen-bond acceptors (Lipinski definition) is 12. The van der Waals surface area contributed by atoms with Crippen molar-refractivity contribution in [3.63, 3.8) is 0 Å². The van der Waals surface area contributed by atoms with Gasteiger partial charge in [-0.25, -0.2) is 19.5 Å². The summed E-state index contributed by atoms with van der Waals surface area (Å²) in [5, 5.41) is 21.8. The first-order valence-corrected chi connectivity index (χ1v) is 15.8. The minimum Gasteiger partial charge on any atom is -0.387 e. The molecule has 2 aromatic heterocycles. The van der Waals surface area contributed by atoms with Crippen molar-refractivity contribution < 1.29 is 38.4 Å². The number of phosphoric ester groups is 1. The second-order valence-electron chi connectivity index (χ2n) is 10.5. The molecule has 1 saturated heterocycles. The summed E-state index contributed by atoms with van der Waals surface area (Å²) in [4.78, 5) is 56.8. The van der Waals surface area contributed by atoms with Crippen molar-refractivity contribution in [1.29, 1.82) is 0 Å². The zero-order valence-electron chi connectivity index (χ0n) is 24.6. The van der Waals surface area contributed by atoms with Crippen molar-refractivity contribution in [2.75, 3.05) is 23.7 Å². The Morgan fingerprint density at radius 2 is 1.78 bits per heavy atom. The summed E-state index contributed by atoms with van der Waals surface area (Å²) in [5.74, 6) is -0.396. The van der Waals surface area contributed by atoms with Gasteiger partial charge in [0.25, 0.3) is 5.69 Å². The molecule has 1 aliphatic heterocycles. The van der Waals surface area contributed by atoms with Crippen LogP contribution in [0.2, 0.25) is 0 Å². The Bertz CT molecular complexity index is 1780. The number of non-ortho nitro benzene ring substituents is 1. The fraction of sp³-hybridized carbons (Fsp3) is 0.310. The van der Waals surface area contributed by atoms with Crippen molar-refractivity contribution >= 4 is 54.1 Å². The normalized spacial score (nSPS) is 20.0. The Labute approximate surface area is 262 Å². The Kier molecular flexibility index (Phi) is 9.86. The average Bonchev–Trinajstić information content (AvgIpc) is 3.59. The fourth-order valence-corrected chi connectivity index (χ4v) is 5.77. The lowest BCUT2D eigenvalue weighted by Crippen LogP contribution is -2.37. The van der Waals surface area contributed by atoms with E-state index in [-0.39, 0.29) is 29.1 Å². The van der Waals surface area contributed by atoms with Gasteiger partial charge in [-0.05, 0) is 48.7 Å². The van der Waals surface area contributed by atoms with Gasteiger partial charge in [-0.2, -0.15) is 0 Å². The van der Waals surface area contributed by atoms with E-state index in [2.05, 4.69) is 19.9 Å². The summed E-state index contributed by atoms with van der Waals surface area (Å²) < 4.78 is 23.7. The number of carbonyl (C=O) groups is 1. The minimum absolute atomic E-state index is 0.0173. The molecule has 0 unspecified atom stereocenters. The van der Waals surface area contributed by atoms with Crippen LogP contribution < -0.4 is 10.6 Å². The number of aliphatic hydroxyl groups is 1. The highest BCUT2D eigenvalue weighted by atomic mass is 31.2. The third kappa shape index (κ3) is 7.45. The topological polar surface area (TPSA) is 229 Å². The van der Waals surface area contributed by atoms with Crippen LogP contribution in [-0.2, 0) is 18.6 Å². The first-order chi connectivity index (χ1) is 21.9. The van der Waals surface area contributed by atoms with Gasteiger partial charge in [0.2, 0.25) is 0 Å². The molecule has 0 bridgehead atoms. The van der Waals surface area contributed by atoms with E-state index >= 15 is 0 Å². The van der Waals surface area contributed by atoms with E-state index in [1.807, 2.05) is 43.3 Å². The van der Waals surface area contributed by atoms with Crippen LogP contribution in [0.15, 0.2) is 61.2 Å². The predicted octanol–water partition coefficient (Wildman–Crippen LogP) is 3.10. The number of fused-ring (bicyclic) bond motifs is 1. The van der Waals surface area contributed by atoms with Crippen molar-refractivity contribution in [3.05, 3.63) is 82.4 Å². The highest BCUT2D eigenvalue weighted by Crippen LogP contribution is 2.45. The number of phosphoric acid groups is 1. The van der Waals surface area contributed by atoms with Gasteiger partial charge in [0.05, 0.1) is 11.3 Å². The Morgan fingerprint density at radius 3 is 2.39 bits per heavy atom. The molecule has 242 valence electrons. The molecule has 2 aromatic carbocycles. The lowest BCUT2D eigenvalue weighted by molar-refractivity contribution is -0.384. The molecule has 3 heterocycles. The summed E-state index contributed by atoms with van der Waals surface area (Å²) in [6, 6.07) is 14.0. The predicted molar refractivity (Wildman–Crippen MR) is 167 cm³/mol. The standard InChI is InChI=1S/C29H32N7O9P/c1-2-34(20-11-7-18(8-12-20)5-6-19-9-13-21(14-10-19)36(39)40)15-3-4-22(37)25-24(38)26(45-46(41,42)43)29(44-25)35-17-33-23-27(30)31-16-32-28(23)35/h5-14,16-17,24-26,29,38H,2-4,15H2,1H3,(H2,30,31,32)(H2,41,42,43)/b6-5+/t24-,25-,26-,29-/m1/s1. The van der Waals surface area contributed by atoms with Gasteiger partial charge in [-0.15, -0.1) is 0 Å². The van der Waals surface area contributed by atoms with E-state index in [0.29, 0.717) is 19.5 Å². The largest absolute Gasteiger partial charge is 0.470 e. The van der Waals surface area contributed by atoms with E-state index in [1.54, 1.807) is 12.1 Å². The molecule has 0 amide bonds. The zero-order chi connectivity index (χ0) is 33.0. The number of ether oxygens (including phenoxy) is 1. The summed E-state index contributed by atoms with van der Waals surface area (Å²) in [6.45, 7) is 3.15. The molecule has 1 aliphatic rings. The maximum atomic E-state index is 13.2. The molecule has 16 nitrogen and oxygen atoms in total. The third-order valence-corrected chi connectivity index (χ3v) is 8.03. The lowest BCUT2D eigenvalue weighted by Gasteiger charge is -2.23. The minimum atomic E-state index is -5.10. The monoisotopic (exact) mass is 653 g/mol. The van der Waals surface area contributed by atoms with E-state index in [4.69, 9.17) is 15.0 Å². The molecule has 0 radical (unpaired) electrons. The second-order valence-corrected chi connectivity index (χ2v) is 11.7. The van der Waals surface area contributed by atoms with Gasteiger partial charge in [-0.3, -0.25) is 24.0 Å². The maximum absolute atomic E-state index is 13.2. The van der Waals surface area contributed by atoms with Gasteiger partial charge in [-0.1, -0.05) is 24.3 Å². The number of anilines is 2. The third-order valence-electron chi connectivity index (χ3n) is 7.51. The number of aromatic nitrogens is 4. The molecular weight excluding hydrogens is 621 g/mol. The summed E-state index contributed by atoms with van der Waals surface area (Å²) in [5.41, 5.74) is 8.94. The molecule has 17 heteroatoms. The molecule has 0 spiro atoms. The number of benzene rings is 2. The van der Waals surface area contributed by atoms with Crippen molar-refractivity contribution in [2.24, 2.45) is 0 Å². The Balaban J connectivity index is 1.21. The molecule has 0 saturated carbocycles. The first kappa shape index (κ1) is 32.8. The number of nitro groups is 1. The van der Waals surface area contributed by atoms with Crippen LogP contribution in [0.1, 0.15) is 37.1 Å². The van der Waals surface area contributed by atoms with E-state index in [0.717, 1.165) is 16.8 Å². The Morgan fingerprint density at radius 1 is 1.13 bits per heavy atom. The SMILES string of the molecule is CCN(CCCC(=O)[C@H]1O[C@@H](n2cnc3c(N)ncnc32)[C@H](OP(=O)(O)O)[C@@H]1O)c1ccc(/C=C/c2ccc([N+](=O)[O-])cc2)cc1. The molecule has 5 N–H and O–H groups in total. The van der Waals surface area contributed by atoms with Crippen LogP contribution in [-0.4, -0.2) is 76.5 Å². The summed E-state index contributed by atoms with van der Waals surface area (Å²) in [6.07, 6.45) is 0.569. The zero-order valence-corrected chi connectivity index (χ0v) is 25.5. The van der Waals surface area contributed by atoms with E-state index in [9.17, 15) is 34.4 Å². The molecule has 46 heavy (non-hydrogen) atoms. The molecule has 5 rings (SSSR count). The number of aliphatic hydroxyl groups excluding tert-OH is 1. The van der Waals surface area contributed by atoms with E-state index < -0.39 is 43.1 Å². The number of hydrogen-bond donors (Lipinski definition) is 4. The Hall–Kier alpha value is -4.57. The number of nitrogens with two attached hydrogens (primary N) is 1. The van der Waals surface area contributed by atoms with E-state index in [1.165, 1.54) is 29.4 Å². The van der Waals surface area contributed by atoms with Gasteiger partial charge in [0.1, 0.15) is 30.2 Å². The molecule has 4 atom stereocenters. The molecule has 1 fully saturated rings. The lowest BCUT2D eigenvalue weighted by atomic mass is 10.0. The van der Waals surface area contributed by atoms with Gasteiger partial charge in [0, 0.05) is 37.3 Å². The highest BCUT2D eigenvalue weighted by Gasteiger charge is 2.51. The second kappa shape index (κ2) is 13.8. The average molecular weight is 654 g/mol. The van der Waals surface area contributed by atoms with Gasteiger partial charge >= 0.3 is 7.82 Å². The quantitative estimate of drug-likeness (QED) is 0.0703. The molecular formula is C29H32N7O9P. The van der Waals surface area contributed by atoms with Gasteiger partial charge < -0.3 is 30.3 Å².